The number of carbonyl (C=O) groups is 1. The summed E-state index contributed by atoms with van der Waals surface area (Å²) in [5.41, 5.74) is -8.86. The van der Waals surface area contributed by atoms with Gasteiger partial charge in [-0.1, -0.05) is 37.3 Å². The van der Waals surface area contributed by atoms with E-state index in [9.17, 15) is 52.7 Å². The van der Waals surface area contributed by atoms with E-state index < -0.39 is 79.7 Å². The molecule has 6 nitrogen and oxygen atoms in total. The molecule has 2 fully saturated rings. The second-order valence-electron chi connectivity index (χ2n) is 13.0. The first kappa shape index (κ1) is 37.6. The summed E-state index contributed by atoms with van der Waals surface area (Å²) in [6.45, 7) is 0.618. The molecule has 2 saturated heterocycles. The van der Waals surface area contributed by atoms with Crippen LogP contribution >= 0.6 is 0 Å². The minimum Gasteiger partial charge on any atom is -0.349 e. The molecule has 2 aliphatic heterocycles. The third kappa shape index (κ3) is 6.38. The highest BCUT2D eigenvalue weighted by Gasteiger charge is 2.73. The number of alkyl halides is 6. The van der Waals surface area contributed by atoms with Crippen LogP contribution in [0.15, 0.2) is 71.6 Å². The Labute approximate surface area is 282 Å². The Bertz CT molecular complexity index is 1790. The topological polar surface area (TPSA) is 66.9 Å². The fourth-order valence-corrected chi connectivity index (χ4v) is 8.78. The number of hydrogen-bond acceptors (Lipinski definition) is 5. The Balaban J connectivity index is 1.60. The van der Waals surface area contributed by atoms with Crippen molar-refractivity contribution in [3.05, 3.63) is 101 Å². The van der Waals surface area contributed by atoms with Crippen LogP contribution in [0.2, 0.25) is 0 Å². The van der Waals surface area contributed by atoms with Crippen molar-refractivity contribution in [2.75, 3.05) is 33.2 Å². The molecule has 3 aromatic rings. The Morgan fingerprint density at radius 1 is 0.800 bits per heavy atom. The Hall–Kier alpha value is -3.63. The molecule has 0 radical (unpaired) electrons. The van der Waals surface area contributed by atoms with Gasteiger partial charge in [0.25, 0.3) is 5.60 Å². The molecule has 16 heteroatoms. The first-order chi connectivity index (χ1) is 23.2. The average Bonchev–Trinajstić information content (AvgIpc) is 3.50. The zero-order valence-electron chi connectivity index (χ0n) is 26.8. The van der Waals surface area contributed by atoms with E-state index in [0.717, 1.165) is 42.5 Å². The lowest BCUT2D eigenvalue weighted by Crippen LogP contribution is -2.56. The maximum atomic E-state index is 14.6. The highest BCUT2D eigenvalue weighted by atomic mass is 32.2. The summed E-state index contributed by atoms with van der Waals surface area (Å²) in [6.07, 6.45) is -11.8. The normalized spacial score (nSPS) is 20.7. The van der Waals surface area contributed by atoms with Crippen LogP contribution in [0.25, 0.3) is 0 Å². The fourth-order valence-electron chi connectivity index (χ4n) is 6.71. The lowest BCUT2D eigenvalue weighted by Gasteiger charge is -2.39. The summed E-state index contributed by atoms with van der Waals surface area (Å²) in [5.74, 6) is -3.96. The second kappa shape index (κ2) is 13.2. The summed E-state index contributed by atoms with van der Waals surface area (Å²) in [7, 11) is -2.70. The molecule has 5 rings (SSSR count). The largest absolute Gasteiger partial charge is 0.430 e. The van der Waals surface area contributed by atoms with Gasteiger partial charge in [0.15, 0.2) is 9.84 Å². The summed E-state index contributed by atoms with van der Waals surface area (Å²) in [6, 6.07) is 8.26. The molecule has 0 aliphatic carbocycles. The predicted octanol–water partition coefficient (Wildman–Crippen LogP) is 7.27. The molecule has 0 N–H and O–H groups in total. The van der Waals surface area contributed by atoms with E-state index in [1.165, 1.54) is 4.90 Å². The van der Waals surface area contributed by atoms with Gasteiger partial charge in [0.2, 0.25) is 5.91 Å². The van der Waals surface area contributed by atoms with Gasteiger partial charge in [-0.05, 0) is 81.4 Å². The minimum atomic E-state index is -6.22. The minimum absolute atomic E-state index is 0.0984. The number of carbonyl (C=O) groups excluding carboxylic acids is 1. The molecule has 0 spiro atoms. The number of rotatable bonds is 8. The third-order valence-corrected chi connectivity index (χ3v) is 12.4. The highest BCUT2D eigenvalue weighted by Crippen LogP contribution is 2.54. The Kier molecular flexibility index (Phi) is 9.91. The third-order valence-electron chi connectivity index (χ3n) is 9.87. The quantitative estimate of drug-likeness (QED) is 0.180. The number of ether oxygens (including phenoxy) is 1. The van der Waals surface area contributed by atoms with Gasteiger partial charge in [-0.25, -0.2) is 21.6 Å². The van der Waals surface area contributed by atoms with Gasteiger partial charge >= 0.3 is 12.4 Å². The van der Waals surface area contributed by atoms with Gasteiger partial charge in [-0.3, -0.25) is 4.79 Å². The molecule has 1 atom stereocenters. The average molecular weight is 737 g/mol. The van der Waals surface area contributed by atoms with Crippen molar-refractivity contribution in [3.63, 3.8) is 0 Å². The Morgan fingerprint density at radius 3 is 1.86 bits per heavy atom. The molecule has 3 aromatic carbocycles. The zero-order chi connectivity index (χ0) is 36.9. The van der Waals surface area contributed by atoms with Crippen LogP contribution in [0.5, 0.6) is 0 Å². The molecule has 0 saturated carbocycles. The zero-order valence-corrected chi connectivity index (χ0v) is 27.7. The van der Waals surface area contributed by atoms with E-state index in [1.807, 2.05) is 11.9 Å². The summed E-state index contributed by atoms with van der Waals surface area (Å²) in [4.78, 5) is 16.8. The highest BCUT2D eigenvalue weighted by molar-refractivity contribution is 7.92. The molecular formula is C34H33F9N2O4S. The fraction of sp³-hybridized carbons (Fsp3) is 0.441. The van der Waals surface area contributed by atoms with Crippen LogP contribution in [-0.4, -0.2) is 69.7 Å². The lowest BCUT2D eigenvalue weighted by molar-refractivity contribution is -0.392. The van der Waals surface area contributed by atoms with E-state index in [0.29, 0.717) is 50.2 Å². The van der Waals surface area contributed by atoms with Gasteiger partial charge in [-0.2, -0.15) is 26.3 Å². The molecule has 50 heavy (non-hydrogen) atoms. The van der Waals surface area contributed by atoms with E-state index in [2.05, 4.69) is 4.74 Å². The van der Waals surface area contributed by atoms with Crippen molar-refractivity contribution in [1.82, 2.24) is 9.80 Å². The van der Waals surface area contributed by atoms with Crippen molar-refractivity contribution in [2.24, 2.45) is 5.41 Å². The van der Waals surface area contributed by atoms with Crippen LogP contribution in [0.3, 0.4) is 0 Å². The molecule has 2 heterocycles. The van der Waals surface area contributed by atoms with Crippen LogP contribution in [0.1, 0.15) is 42.9 Å². The van der Waals surface area contributed by atoms with Crippen LogP contribution in [-0.2, 0) is 36.3 Å². The molecule has 0 bridgehead atoms. The molecule has 0 aromatic heterocycles. The van der Waals surface area contributed by atoms with Gasteiger partial charge in [0.1, 0.15) is 22.2 Å². The van der Waals surface area contributed by atoms with Crippen molar-refractivity contribution in [2.45, 2.75) is 60.4 Å². The summed E-state index contributed by atoms with van der Waals surface area (Å²) in [5, 5.41) is 0. The standard InChI is InChI=1S/C34H33F9N2O4S/c1-30(14-17-44(2)18-15-30)29(46)45-19-16-31(21-45,50(47,48)25-12-10-24(35)11-13-25)22-6-8-23(9-7-22)32(33(38,39)40,34(41,42)43)49-20-26-27(36)4-3-5-28(26)37/h3-13H,14-21H2,1-2H3. The van der Waals surface area contributed by atoms with Crippen LogP contribution < -0.4 is 0 Å². The number of benzene rings is 3. The van der Waals surface area contributed by atoms with Crippen molar-refractivity contribution in [1.29, 1.82) is 0 Å². The van der Waals surface area contributed by atoms with E-state index in [-0.39, 0.29) is 29.3 Å². The smallest absolute Gasteiger partial charge is 0.349 e. The van der Waals surface area contributed by atoms with Crippen molar-refractivity contribution >= 4 is 15.7 Å². The van der Waals surface area contributed by atoms with Gasteiger partial charge in [0.05, 0.1) is 11.5 Å². The predicted molar refractivity (Wildman–Crippen MR) is 163 cm³/mol. The first-order valence-corrected chi connectivity index (χ1v) is 17.0. The molecule has 272 valence electrons. The molecule has 2 aliphatic rings. The van der Waals surface area contributed by atoms with Gasteiger partial charge in [-0.15, -0.1) is 0 Å². The number of halogens is 9. The molecule has 1 unspecified atom stereocenters. The second-order valence-corrected chi connectivity index (χ2v) is 15.3. The molecule has 1 amide bonds. The van der Waals surface area contributed by atoms with E-state index in [4.69, 9.17) is 0 Å². The number of sulfone groups is 1. The maximum absolute atomic E-state index is 14.6. The van der Waals surface area contributed by atoms with Crippen molar-refractivity contribution < 1.29 is 57.5 Å². The summed E-state index contributed by atoms with van der Waals surface area (Å²) < 4.78 is 161. The number of likely N-dealkylation sites (tertiary alicyclic amines) is 2. The van der Waals surface area contributed by atoms with Crippen LogP contribution in [0.4, 0.5) is 39.5 Å². The number of hydrogen-bond donors (Lipinski definition) is 0. The van der Waals surface area contributed by atoms with Gasteiger partial charge < -0.3 is 14.5 Å². The van der Waals surface area contributed by atoms with E-state index >= 15 is 0 Å². The summed E-state index contributed by atoms with van der Waals surface area (Å²) >= 11 is 0. The van der Waals surface area contributed by atoms with E-state index in [1.54, 1.807) is 6.92 Å². The number of piperidine rings is 1. The van der Waals surface area contributed by atoms with Crippen molar-refractivity contribution in [3.8, 4) is 0 Å². The SMILES string of the molecule is CN1CCC(C)(C(=O)N2CCC(c3ccc(C(OCc4c(F)cccc4F)(C(F)(F)F)C(F)(F)F)cc3)(S(=O)(=O)c3ccc(F)cc3)C2)CC1. The Morgan fingerprint density at radius 2 is 1.34 bits per heavy atom. The monoisotopic (exact) mass is 736 g/mol. The lowest BCUT2D eigenvalue weighted by atomic mass is 9.79. The van der Waals surface area contributed by atoms with Crippen LogP contribution in [0, 0.1) is 22.9 Å². The maximum Gasteiger partial charge on any atom is 0.430 e. The first-order valence-electron chi connectivity index (χ1n) is 15.5. The number of amides is 1. The molecular weight excluding hydrogens is 703 g/mol. The number of nitrogens with zero attached hydrogens (tertiary/aromatic N) is 2. The van der Waals surface area contributed by atoms with Gasteiger partial charge in [0, 0.05) is 29.6 Å².